The lowest BCUT2D eigenvalue weighted by Crippen LogP contribution is -2.43. The summed E-state index contributed by atoms with van der Waals surface area (Å²) in [5, 5.41) is 2.87. The topological polar surface area (TPSA) is 76.5 Å². The van der Waals surface area contributed by atoms with Gasteiger partial charge in [-0.1, -0.05) is 48.5 Å². The summed E-state index contributed by atoms with van der Waals surface area (Å²) in [5.74, 6) is 1.59. The number of benzene rings is 2. The van der Waals surface area contributed by atoms with Crippen LogP contribution in [0.25, 0.3) is 0 Å². The minimum Gasteiger partial charge on any atom is -0.492 e. The summed E-state index contributed by atoms with van der Waals surface area (Å²) in [6, 6.07) is 19.2. The second kappa shape index (κ2) is 8.86. The van der Waals surface area contributed by atoms with E-state index >= 15 is 0 Å². The fourth-order valence-electron chi connectivity index (χ4n) is 4.13. The van der Waals surface area contributed by atoms with Crippen molar-refractivity contribution in [3.8, 4) is 5.75 Å². The Hall–Kier alpha value is -3.61. The highest BCUT2D eigenvalue weighted by molar-refractivity contribution is 5.92. The van der Waals surface area contributed by atoms with Crippen LogP contribution in [-0.4, -0.2) is 46.0 Å². The molecule has 5 rings (SSSR count). The van der Waals surface area contributed by atoms with Gasteiger partial charge in [0.15, 0.2) is 0 Å². The zero-order valence-electron chi connectivity index (χ0n) is 17.8. The van der Waals surface area contributed by atoms with Crippen LogP contribution in [0.3, 0.4) is 0 Å². The highest BCUT2D eigenvalue weighted by Gasteiger charge is 2.40. The highest BCUT2D eigenvalue weighted by atomic mass is 16.5. The Balaban J connectivity index is 1.31. The summed E-state index contributed by atoms with van der Waals surface area (Å²) >= 11 is 0. The Labute approximate surface area is 187 Å². The first-order chi connectivity index (χ1) is 15.7. The maximum absolute atomic E-state index is 13.0. The normalized spacial score (nSPS) is 17.5. The number of rotatable bonds is 7. The first-order valence-corrected chi connectivity index (χ1v) is 11.1. The average Bonchev–Trinajstić information content (AvgIpc) is 3.60. The van der Waals surface area contributed by atoms with Crippen LogP contribution in [0.2, 0.25) is 0 Å². The molecule has 0 saturated heterocycles. The summed E-state index contributed by atoms with van der Waals surface area (Å²) < 4.78 is 7.64. The van der Waals surface area contributed by atoms with E-state index in [-0.39, 0.29) is 23.8 Å². The van der Waals surface area contributed by atoms with Crippen molar-refractivity contribution in [2.45, 2.75) is 25.4 Å². The van der Waals surface area contributed by atoms with E-state index in [1.807, 2.05) is 70.1 Å². The molecule has 0 spiro atoms. The minimum absolute atomic E-state index is 0.134. The molecular formula is C25H26N4O3. The number of imidazole rings is 1. The van der Waals surface area contributed by atoms with Crippen LogP contribution in [0, 0.1) is 5.92 Å². The van der Waals surface area contributed by atoms with Crippen LogP contribution >= 0.6 is 0 Å². The quantitative estimate of drug-likeness (QED) is 0.585. The van der Waals surface area contributed by atoms with E-state index in [9.17, 15) is 9.59 Å². The predicted octanol–water partition coefficient (Wildman–Crippen LogP) is 3.03. The summed E-state index contributed by atoms with van der Waals surface area (Å²) in [6.07, 6.45) is 3.71. The molecule has 7 nitrogen and oxygen atoms in total. The molecule has 0 bridgehead atoms. The van der Waals surface area contributed by atoms with E-state index in [1.54, 1.807) is 6.20 Å². The smallest absolute Gasteiger partial charge is 0.271 e. The van der Waals surface area contributed by atoms with Gasteiger partial charge in [0.25, 0.3) is 5.91 Å². The van der Waals surface area contributed by atoms with Crippen LogP contribution in [0.5, 0.6) is 5.75 Å². The molecule has 2 aromatic carbocycles. The molecule has 1 aliphatic carbocycles. The van der Waals surface area contributed by atoms with Crippen molar-refractivity contribution in [1.82, 2.24) is 19.8 Å². The van der Waals surface area contributed by atoms with Crippen molar-refractivity contribution < 1.29 is 14.3 Å². The number of para-hydroxylation sites is 1. The van der Waals surface area contributed by atoms with Gasteiger partial charge in [0.05, 0.1) is 6.54 Å². The second-order valence-corrected chi connectivity index (χ2v) is 8.21. The highest BCUT2D eigenvalue weighted by Crippen LogP contribution is 2.38. The lowest BCUT2D eigenvalue weighted by Gasteiger charge is -2.36. The van der Waals surface area contributed by atoms with Crippen molar-refractivity contribution >= 4 is 11.8 Å². The fourth-order valence-corrected chi connectivity index (χ4v) is 4.13. The van der Waals surface area contributed by atoms with Gasteiger partial charge in [-0.05, 0) is 30.5 Å². The number of amides is 2. The number of hydrogen-bond donors (Lipinski definition) is 1. The van der Waals surface area contributed by atoms with Gasteiger partial charge < -0.3 is 19.5 Å². The molecule has 1 atom stereocenters. The number of carbonyl (C=O) groups excluding carboxylic acids is 2. The van der Waals surface area contributed by atoms with Gasteiger partial charge in [-0.2, -0.15) is 0 Å². The second-order valence-electron chi connectivity index (χ2n) is 8.21. The molecule has 2 aliphatic rings. The standard InChI is InChI=1S/C25H26N4O3/c30-24(26-13-16-32-20-9-5-2-6-10-20)21-17-28-14-15-29(25(31)19-11-12-19)22(23(28)27-21)18-7-3-1-4-8-18/h1-10,17,19,22H,11-16H2,(H,26,30). The third-order valence-electron chi connectivity index (χ3n) is 5.90. The molecule has 2 amide bonds. The Kier molecular flexibility index (Phi) is 5.62. The van der Waals surface area contributed by atoms with Gasteiger partial charge in [0, 0.05) is 25.2 Å². The monoisotopic (exact) mass is 430 g/mol. The molecule has 1 aromatic heterocycles. The molecular weight excluding hydrogens is 404 g/mol. The van der Waals surface area contributed by atoms with Gasteiger partial charge in [0.2, 0.25) is 5.91 Å². The Morgan fingerprint density at radius 2 is 1.72 bits per heavy atom. The number of ether oxygens (including phenoxy) is 1. The van der Waals surface area contributed by atoms with Crippen LogP contribution in [0.1, 0.15) is 40.8 Å². The summed E-state index contributed by atoms with van der Waals surface area (Å²) in [5.41, 5.74) is 1.37. The van der Waals surface area contributed by atoms with Crippen molar-refractivity contribution in [2.24, 2.45) is 5.92 Å². The van der Waals surface area contributed by atoms with Gasteiger partial charge in [-0.15, -0.1) is 0 Å². The Morgan fingerprint density at radius 3 is 2.44 bits per heavy atom. The number of nitrogens with zero attached hydrogens (tertiary/aromatic N) is 3. The van der Waals surface area contributed by atoms with Crippen molar-refractivity contribution in [1.29, 1.82) is 0 Å². The van der Waals surface area contributed by atoms with Gasteiger partial charge >= 0.3 is 0 Å². The van der Waals surface area contributed by atoms with Gasteiger partial charge in [-0.25, -0.2) is 4.98 Å². The van der Waals surface area contributed by atoms with E-state index in [4.69, 9.17) is 4.74 Å². The Bertz CT molecular complexity index is 1090. The van der Waals surface area contributed by atoms with E-state index in [0.717, 1.165) is 30.0 Å². The van der Waals surface area contributed by atoms with Gasteiger partial charge in [0.1, 0.15) is 29.9 Å². The molecule has 164 valence electrons. The molecule has 3 aromatic rings. The van der Waals surface area contributed by atoms with E-state index in [2.05, 4.69) is 10.3 Å². The average molecular weight is 431 g/mol. The summed E-state index contributed by atoms with van der Waals surface area (Å²) in [7, 11) is 0. The molecule has 2 heterocycles. The molecule has 7 heteroatoms. The third kappa shape index (κ3) is 4.23. The van der Waals surface area contributed by atoms with Gasteiger partial charge in [-0.3, -0.25) is 9.59 Å². The van der Waals surface area contributed by atoms with Crippen molar-refractivity contribution in [3.05, 3.63) is 83.9 Å². The molecule has 1 N–H and O–H groups in total. The van der Waals surface area contributed by atoms with Crippen molar-refractivity contribution in [3.63, 3.8) is 0 Å². The van der Waals surface area contributed by atoms with Crippen LogP contribution in [-0.2, 0) is 11.3 Å². The molecule has 0 radical (unpaired) electrons. The number of nitrogens with one attached hydrogen (secondary N) is 1. The zero-order valence-corrected chi connectivity index (χ0v) is 17.8. The molecule has 1 fully saturated rings. The summed E-state index contributed by atoms with van der Waals surface area (Å²) in [4.78, 5) is 32.3. The lowest BCUT2D eigenvalue weighted by atomic mass is 10.0. The molecule has 1 aliphatic heterocycles. The summed E-state index contributed by atoms with van der Waals surface area (Å²) in [6.45, 7) is 2.00. The van der Waals surface area contributed by atoms with Crippen molar-refractivity contribution in [2.75, 3.05) is 19.7 Å². The first kappa shape index (κ1) is 20.3. The zero-order chi connectivity index (χ0) is 21.9. The number of aromatic nitrogens is 2. The minimum atomic E-state index is -0.277. The number of carbonyl (C=O) groups is 2. The third-order valence-corrected chi connectivity index (χ3v) is 5.90. The number of hydrogen-bond acceptors (Lipinski definition) is 4. The SMILES string of the molecule is O=C(NCCOc1ccccc1)c1cn2c(n1)C(c1ccccc1)N(C(=O)C1CC1)CC2. The van der Waals surface area contributed by atoms with E-state index < -0.39 is 0 Å². The molecule has 32 heavy (non-hydrogen) atoms. The largest absolute Gasteiger partial charge is 0.492 e. The predicted molar refractivity (Wildman–Crippen MR) is 119 cm³/mol. The Morgan fingerprint density at radius 1 is 1.00 bits per heavy atom. The van der Waals surface area contributed by atoms with E-state index in [0.29, 0.717) is 31.9 Å². The first-order valence-electron chi connectivity index (χ1n) is 11.1. The maximum atomic E-state index is 13.0. The number of fused-ring (bicyclic) bond motifs is 1. The fraction of sp³-hybridized carbons (Fsp3) is 0.320. The van der Waals surface area contributed by atoms with Crippen LogP contribution < -0.4 is 10.1 Å². The van der Waals surface area contributed by atoms with Crippen LogP contribution in [0.15, 0.2) is 66.9 Å². The van der Waals surface area contributed by atoms with Crippen LogP contribution in [0.4, 0.5) is 0 Å². The van der Waals surface area contributed by atoms with E-state index in [1.165, 1.54) is 0 Å². The molecule has 1 unspecified atom stereocenters. The maximum Gasteiger partial charge on any atom is 0.271 e. The lowest BCUT2D eigenvalue weighted by molar-refractivity contribution is -0.135. The molecule has 1 saturated carbocycles.